The van der Waals surface area contributed by atoms with Gasteiger partial charge in [-0.2, -0.15) is 10.4 Å². The number of carbonyl (C=O) groups is 2. The van der Waals surface area contributed by atoms with Crippen LogP contribution in [-0.4, -0.2) is 53.5 Å². The minimum atomic E-state index is -1.62. The molecule has 14 heteroatoms. The molecule has 1 heterocycles. The van der Waals surface area contributed by atoms with E-state index >= 15 is 0 Å². The number of anilines is 1. The molecule has 43 heavy (non-hydrogen) atoms. The fraction of sp³-hybridized carbons (Fsp3) is 0.207. The summed E-state index contributed by atoms with van der Waals surface area (Å²) in [6.45, 7) is 4.28. The van der Waals surface area contributed by atoms with Crippen LogP contribution in [0.25, 0.3) is 21.9 Å². The van der Waals surface area contributed by atoms with E-state index in [1.54, 1.807) is 26.4 Å². The van der Waals surface area contributed by atoms with Gasteiger partial charge in [-0.3, -0.25) is 0 Å². The van der Waals surface area contributed by atoms with E-state index in [9.17, 15) is 15.3 Å². The van der Waals surface area contributed by atoms with Gasteiger partial charge in [0.15, 0.2) is 5.82 Å². The Hall–Kier alpha value is -4.52. The molecule has 1 aromatic heterocycles. The number of nitrogens with zero attached hydrogens (tertiary/aromatic N) is 3. The first-order valence-electron chi connectivity index (χ1n) is 12.4. The molecule has 0 saturated carbocycles. The molecule has 0 fully saturated rings. The quantitative estimate of drug-likeness (QED) is 0.226. The summed E-state index contributed by atoms with van der Waals surface area (Å²) in [4.78, 5) is 17.8. The maximum atomic E-state index is 9.56. The fourth-order valence-electron chi connectivity index (χ4n) is 3.82. The molecule has 0 aliphatic carbocycles. The van der Waals surface area contributed by atoms with Crippen molar-refractivity contribution in [2.75, 3.05) is 19.5 Å². The summed E-state index contributed by atoms with van der Waals surface area (Å²) >= 11 is 0. The molecule has 0 saturated heterocycles. The summed E-state index contributed by atoms with van der Waals surface area (Å²) in [5, 5.41) is 60.2. The van der Waals surface area contributed by atoms with Gasteiger partial charge in [-0.1, -0.05) is 18.2 Å². The third-order valence-corrected chi connectivity index (χ3v) is 5.68. The standard InChI is InChI=1S/C25H23BN4O4.2C2H4O2.Pd/c1-15-22-10-16(23-11-19(26(31)32)7-4-17(23)13-27)6-9-21(22)25(30-29-15)28-14-18-5-8-20(33-2)12-24(18)34-3;2*1-2(3)4;/h4-12,31-32H,14H2,1-3H3,(H,28,30);2*1H3,(H,3,4);/q;;;+2/p-2. The number of ether oxygens (including phenoxy) is 2. The predicted molar refractivity (Wildman–Crippen MR) is 152 cm³/mol. The Kier molecular flexibility index (Phi) is 14.8. The van der Waals surface area contributed by atoms with E-state index in [2.05, 4.69) is 21.6 Å². The van der Waals surface area contributed by atoms with Crippen molar-refractivity contribution in [1.82, 2.24) is 10.2 Å². The number of aliphatic carboxylic acids is 2. The number of aromatic nitrogens is 2. The minimum absolute atomic E-state index is 0. The van der Waals surface area contributed by atoms with Gasteiger partial charge in [0, 0.05) is 40.9 Å². The Morgan fingerprint density at radius 1 is 0.953 bits per heavy atom. The summed E-state index contributed by atoms with van der Waals surface area (Å²) in [7, 11) is 1.60. The summed E-state index contributed by atoms with van der Waals surface area (Å²) < 4.78 is 10.7. The number of carboxylic acids is 2. The molecule has 0 atom stereocenters. The Morgan fingerprint density at radius 3 is 2.16 bits per heavy atom. The summed E-state index contributed by atoms with van der Waals surface area (Å²) in [5.41, 5.74) is 3.81. The molecule has 226 valence electrons. The van der Waals surface area contributed by atoms with Crippen LogP contribution in [0.1, 0.15) is 30.7 Å². The molecular weight excluding hydrogens is 650 g/mol. The second-order valence-corrected chi connectivity index (χ2v) is 8.70. The SMILES string of the molecule is CC(=O)[O-].CC(=O)[O-].COc1ccc(CNc2nnc(C)c3cc(-c4cc(B(O)O)ccc4C#N)ccc23)c(OC)c1.[Pd+2]. The van der Waals surface area contributed by atoms with Gasteiger partial charge >= 0.3 is 27.5 Å². The molecular formula is C29H29BN4O8Pd. The van der Waals surface area contributed by atoms with Gasteiger partial charge in [0.1, 0.15) is 11.5 Å². The van der Waals surface area contributed by atoms with Gasteiger partial charge in [-0.25, -0.2) is 0 Å². The van der Waals surface area contributed by atoms with Crippen LogP contribution in [-0.2, 0) is 36.6 Å². The number of aryl methyl sites for hydroxylation is 1. The van der Waals surface area contributed by atoms with Crippen molar-refractivity contribution < 1.29 is 59.7 Å². The monoisotopic (exact) mass is 678 g/mol. The molecule has 3 N–H and O–H groups in total. The number of fused-ring (bicyclic) bond motifs is 1. The van der Waals surface area contributed by atoms with Crippen molar-refractivity contribution in [2.45, 2.75) is 27.3 Å². The van der Waals surface area contributed by atoms with Gasteiger partial charge in [-0.05, 0) is 67.7 Å². The maximum absolute atomic E-state index is 9.56. The zero-order chi connectivity index (χ0) is 31.4. The second kappa shape index (κ2) is 17.4. The van der Waals surface area contributed by atoms with Crippen LogP contribution >= 0.6 is 0 Å². The van der Waals surface area contributed by atoms with Gasteiger partial charge in [0.25, 0.3) is 0 Å². The van der Waals surface area contributed by atoms with Crippen LogP contribution in [0.4, 0.5) is 5.82 Å². The smallest absolute Gasteiger partial charge is 0.550 e. The number of carbonyl (C=O) groups excluding carboxylic acids is 2. The Labute approximate surface area is 262 Å². The minimum Gasteiger partial charge on any atom is -0.550 e. The van der Waals surface area contributed by atoms with Gasteiger partial charge in [-0.15, -0.1) is 5.10 Å². The van der Waals surface area contributed by atoms with E-state index in [1.807, 2.05) is 43.3 Å². The van der Waals surface area contributed by atoms with Crippen molar-refractivity contribution in [3.63, 3.8) is 0 Å². The molecule has 0 unspecified atom stereocenters. The molecule has 0 aliphatic rings. The van der Waals surface area contributed by atoms with Crippen LogP contribution in [0.2, 0.25) is 0 Å². The number of nitrogens with one attached hydrogen (secondary N) is 1. The van der Waals surface area contributed by atoms with E-state index in [0.29, 0.717) is 40.5 Å². The second-order valence-electron chi connectivity index (χ2n) is 8.70. The summed E-state index contributed by atoms with van der Waals surface area (Å²) in [6, 6.07) is 18.3. The number of rotatable bonds is 7. The van der Waals surface area contributed by atoms with E-state index in [4.69, 9.17) is 29.3 Å². The third kappa shape index (κ3) is 10.7. The summed E-state index contributed by atoms with van der Waals surface area (Å²) in [6.07, 6.45) is 0. The van der Waals surface area contributed by atoms with Crippen LogP contribution in [0.15, 0.2) is 54.6 Å². The average Bonchev–Trinajstić information content (AvgIpc) is 2.95. The third-order valence-electron chi connectivity index (χ3n) is 5.68. The van der Waals surface area contributed by atoms with Crippen LogP contribution < -0.4 is 30.5 Å². The Balaban J connectivity index is 0.000000917. The molecule has 4 rings (SSSR count). The predicted octanol–water partition coefficient (Wildman–Crippen LogP) is 0.296. The van der Waals surface area contributed by atoms with Crippen molar-refractivity contribution >= 4 is 41.1 Å². The molecule has 0 amide bonds. The topological polar surface area (TPSA) is 201 Å². The fourth-order valence-corrected chi connectivity index (χ4v) is 3.82. The van der Waals surface area contributed by atoms with Gasteiger partial charge in [0.2, 0.25) is 0 Å². The molecule has 4 aromatic rings. The molecule has 0 bridgehead atoms. The van der Waals surface area contributed by atoms with Crippen LogP contribution in [0.3, 0.4) is 0 Å². The zero-order valence-corrected chi connectivity index (χ0v) is 25.5. The van der Waals surface area contributed by atoms with Crippen molar-refractivity contribution in [3.8, 4) is 28.7 Å². The van der Waals surface area contributed by atoms with Crippen molar-refractivity contribution in [1.29, 1.82) is 5.26 Å². The maximum Gasteiger partial charge on any atom is 2.00 e. The zero-order valence-electron chi connectivity index (χ0n) is 24.0. The van der Waals surface area contributed by atoms with E-state index in [0.717, 1.165) is 41.4 Å². The molecule has 0 spiro atoms. The Morgan fingerprint density at radius 2 is 1.60 bits per heavy atom. The first kappa shape index (κ1) is 36.5. The Bertz CT molecular complexity index is 1590. The van der Waals surface area contributed by atoms with E-state index < -0.39 is 19.1 Å². The van der Waals surface area contributed by atoms with Gasteiger partial charge < -0.3 is 44.6 Å². The van der Waals surface area contributed by atoms with Crippen LogP contribution in [0, 0.1) is 18.3 Å². The average molecular weight is 679 g/mol. The van der Waals surface area contributed by atoms with E-state index in [1.165, 1.54) is 6.07 Å². The number of benzene rings is 3. The van der Waals surface area contributed by atoms with E-state index in [-0.39, 0.29) is 20.4 Å². The normalized spacial score (nSPS) is 9.53. The molecule has 0 radical (unpaired) electrons. The van der Waals surface area contributed by atoms with Crippen LogP contribution in [0.5, 0.6) is 11.5 Å². The number of hydrogen-bond donors (Lipinski definition) is 3. The molecule has 0 aliphatic heterocycles. The van der Waals surface area contributed by atoms with Crippen molar-refractivity contribution in [2.24, 2.45) is 0 Å². The van der Waals surface area contributed by atoms with Crippen molar-refractivity contribution in [3.05, 3.63) is 71.4 Å². The number of carboxylic acid groups (broad SMARTS) is 2. The molecule has 12 nitrogen and oxygen atoms in total. The van der Waals surface area contributed by atoms with Gasteiger partial charge in [0.05, 0.1) is 31.5 Å². The number of nitriles is 1. The largest absolute Gasteiger partial charge is 2.00 e. The number of methoxy groups -OCH3 is 2. The summed E-state index contributed by atoms with van der Waals surface area (Å²) in [5.74, 6) is -0.137. The first-order chi connectivity index (χ1) is 19.9. The molecule has 3 aromatic carbocycles. The number of hydrogen-bond acceptors (Lipinski definition) is 12. The first-order valence-corrected chi connectivity index (χ1v) is 12.4.